The first-order chi connectivity index (χ1) is 10.5. The lowest BCUT2D eigenvalue weighted by Gasteiger charge is -2.18. The topological polar surface area (TPSA) is 62.2 Å². The fourth-order valence-corrected chi connectivity index (χ4v) is 4.28. The number of carbonyl (C=O) groups excluding carboxylic acids is 1. The van der Waals surface area contributed by atoms with Crippen LogP contribution in [0.25, 0.3) is 0 Å². The number of nitrogens with zero attached hydrogens (tertiary/aromatic N) is 1. The Kier molecular flexibility index (Phi) is 4.46. The maximum absolute atomic E-state index is 12.9. The monoisotopic (exact) mass is 338 g/mol. The Labute approximate surface area is 135 Å². The molecule has 1 saturated heterocycles. The summed E-state index contributed by atoms with van der Waals surface area (Å²) in [6, 6.07) is 6.30. The number of aliphatic hydroxyl groups is 1. The van der Waals surface area contributed by atoms with E-state index in [2.05, 4.69) is 10.3 Å². The predicted octanol–water partition coefficient (Wildman–Crippen LogP) is 2.68. The van der Waals surface area contributed by atoms with Gasteiger partial charge in [0.25, 0.3) is 5.91 Å². The summed E-state index contributed by atoms with van der Waals surface area (Å²) in [7, 11) is 0. The standard InChI is InChI=1S/C15H15FN2O2S2/c16-11-3-1-10(2-4-11)7-12-8-17-14(22-12)18-13(19)15(20)5-6-21-9-15/h1-4,8,20H,5-7,9H2,(H,17,18,19)/t15-/m1/s1. The number of thiazole rings is 1. The lowest BCUT2D eigenvalue weighted by atomic mass is 10.0. The number of hydrogen-bond acceptors (Lipinski definition) is 5. The van der Waals surface area contributed by atoms with Crippen LogP contribution in [-0.2, 0) is 11.2 Å². The minimum absolute atomic E-state index is 0.260. The van der Waals surface area contributed by atoms with Crippen LogP contribution < -0.4 is 5.32 Å². The average molecular weight is 338 g/mol. The third-order valence-corrected chi connectivity index (χ3v) is 5.58. The highest BCUT2D eigenvalue weighted by Gasteiger charge is 2.39. The Morgan fingerprint density at radius 3 is 2.86 bits per heavy atom. The SMILES string of the molecule is O=C(Nc1ncc(Cc2ccc(F)cc2)s1)[C@@]1(O)CCSC1. The number of thioether (sulfide) groups is 1. The van der Waals surface area contributed by atoms with Crippen molar-refractivity contribution < 1.29 is 14.3 Å². The van der Waals surface area contributed by atoms with Gasteiger partial charge in [0.2, 0.25) is 0 Å². The average Bonchev–Trinajstić information content (AvgIpc) is 3.12. The number of amides is 1. The minimum atomic E-state index is -1.28. The second-order valence-corrected chi connectivity index (χ2v) is 7.44. The zero-order chi connectivity index (χ0) is 15.6. The van der Waals surface area contributed by atoms with Gasteiger partial charge >= 0.3 is 0 Å². The third kappa shape index (κ3) is 3.48. The number of halogens is 1. The van der Waals surface area contributed by atoms with Crippen LogP contribution in [0.15, 0.2) is 30.5 Å². The van der Waals surface area contributed by atoms with Gasteiger partial charge in [0.15, 0.2) is 10.7 Å². The van der Waals surface area contributed by atoms with E-state index in [1.807, 2.05) is 0 Å². The summed E-state index contributed by atoms with van der Waals surface area (Å²) in [6.07, 6.45) is 2.79. The van der Waals surface area contributed by atoms with Crippen LogP contribution >= 0.6 is 23.1 Å². The first-order valence-corrected chi connectivity index (χ1v) is 8.83. The first kappa shape index (κ1) is 15.5. The van der Waals surface area contributed by atoms with E-state index in [-0.39, 0.29) is 11.7 Å². The van der Waals surface area contributed by atoms with Crippen LogP contribution in [0.1, 0.15) is 16.9 Å². The van der Waals surface area contributed by atoms with Gasteiger partial charge in [-0.05, 0) is 29.9 Å². The molecule has 0 spiro atoms. The van der Waals surface area contributed by atoms with E-state index in [0.717, 1.165) is 16.2 Å². The molecule has 0 radical (unpaired) electrons. The Morgan fingerprint density at radius 1 is 1.41 bits per heavy atom. The second kappa shape index (κ2) is 6.36. The summed E-state index contributed by atoms with van der Waals surface area (Å²) in [5.41, 5.74) is -0.304. The number of carbonyl (C=O) groups is 1. The lowest BCUT2D eigenvalue weighted by molar-refractivity contribution is -0.131. The number of aromatic nitrogens is 1. The minimum Gasteiger partial charge on any atom is -0.379 e. The van der Waals surface area contributed by atoms with Gasteiger partial charge in [0.1, 0.15) is 5.82 Å². The van der Waals surface area contributed by atoms with E-state index >= 15 is 0 Å². The first-order valence-electron chi connectivity index (χ1n) is 6.86. The van der Waals surface area contributed by atoms with Crippen molar-refractivity contribution >= 4 is 34.1 Å². The van der Waals surface area contributed by atoms with Crippen molar-refractivity contribution in [3.8, 4) is 0 Å². The molecule has 1 fully saturated rings. The molecule has 7 heteroatoms. The van der Waals surface area contributed by atoms with E-state index < -0.39 is 5.60 Å². The maximum Gasteiger partial charge on any atom is 0.259 e. The van der Waals surface area contributed by atoms with Gasteiger partial charge in [-0.2, -0.15) is 11.8 Å². The Bertz CT molecular complexity index is 666. The summed E-state index contributed by atoms with van der Waals surface area (Å²) in [5.74, 6) is 0.563. The summed E-state index contributed by atoms with van der Waals surface area (Å²) in [5, 5.41) is 13.4. The molecule has 116 valence electrons. The Hall–Kier alpha value is -1.44. The Morgan fingerprint density at radius 2 is 2.18 bits per heavy atom. The van der Waals surface area contributed by atoms with Crippen LogP contribution in [0.5, 0.6) is 0 Å². The predicted molar refractivity (Wildman–Crippen MR) is 86.8 cm³/mol. The smallest absolute Gasteiger partial charge is 0.259 e. The van der Waals surface area contributed by atoms with Crippen LogP contribution in [0.2, 0.25) is 0 Å². The molecule has 3 rings (SSSR count). The number of rotatable bonds is 4. The number of benzene rings is 1. The number of nitrogens with one attached hydrogen (secondary N) is 1. The molecule has 1 aliphatic rings. The Balaban J connectivity index is 1.63. The molecule has 0 aliphatic carbocycles. The summed E-state index contributed by atoms with van der Waals surface area (Å²) in [4.78, 5) is 17.2. The van der Waals surface area contributed by atoms with Gasteiger partial charge in [-0.15, -0.1) is 11.3 Å². The van der Waals surface area contributed by atoms with E-state index in [1.54, 1.807) is 30.1 Å². The van der Waals surface area contributed by atoms with Gasteiger partial charge < -0.3 is 5.11 Å². The molecular formula is C15H15FN2O2S2. The normalized spacial score (nSPS) is 21.0. The van der Waals surface area contributed by atoms with E-state index in [4.69, 9.17) is 0 Å². The van der Waals surface area contributed by atoms with Gasteiger partial charge in [0.05, 0.1) is 0 Å². The van der Waals surface area contributed by atoms with Crippen LogP contribution in [0.4, 0.5) is 9.52 Å². The number of hydrogen-bond donors (Lipinski definition) is 2. The summed E-state index contributed by atoms with van der Waals surface area (Å²) >= 11 is 2.93. The molecule has 1 aromatic carbocycles. The highest BCUT2D eigenvalue weighted by Crippen LogP contribution is 2.30. The van der Waals surface area contributed by atoms with E-state index in [1.165, 1.54) is 23.5 Å². The van der Waals surface area contributed by atoms with Crippen molar-refractivity contribution in [2.45, 2.75) is 18.4 Å². The summed E-state index contributed by atoms with van der Waals surface area (Å²) < 4.78 is 12.9. The maximum atomic E-state index is 12.9. The number of anilines is 1. The molecule has 1 aromatic heterocycles. The van der Waals surface area contributed by atoms with E-state index in [9.17, 15) is 14.3 Å². The van der Waals surface area contributed by atoms with Crippen LogP contribution in [0, 0.1) is 5.82 Å². The van der Waals surface area contributed by atoms with Gasteiger partial charge in [0, 0.05) is 23.2 Å². The molecule has 4 nitrogen and oxygen atoms in total. The van der Waals surface area contributed by atoms with Gasteiger partial charge in [-0.1, -0.05) is 12.1 Å². The van der Waals surface area contributed by atoms with Gasteiger partial charge in [-0.3, -0.25) is 10.1 Å². The fraction of sp³-hybridized carbons (Fsp3) is 0.333. The lowest BCUT2D eigenvalue weighted by Crippen LogP contribution is -2.42. The molecule has 2 aromatic rings. The second-order valence-electron chi connectivity index (χ2n) is 5.22. The van der Waals surface area contributed by atoms with E-state index in [0.29, 0.717) is 23.7 Å². The molecule has 0 saturated carbocycles. The third-order valence-electron chi connectivity index (χ3n) is 3.49. The van der Waals surface area contributed by atoms with Gasteiger partial charge in [-0.25, -0.2) is 9.37 Å². The van der Waals surface area contributed by atoms with Crippen LogP contribution in [-0.4, -0.2) is 33.1 Å². The quantitative estimate of drug-likeness (QED) is 0.900. The molecule has 1 amide bonds. The zero-order valence-electron chi connectivity index (χ0n) is 11.7. The van der Waals surface area contributed by atoms with Crippen molar-refractivity contribution in [3.05, 3.63) is 46.7 Å². The molecule has 22 heavy (non-hydrogen) atoms. The molecule has 0 unspecified atom stereocenters. The highest BCUT2D eigenvalue weighted by molar-refractivity contribution is 7.99. The zero-order valence-corrected chi connectivity index (χ0v) is 13.3. The van der Waals surface area contributed by atoms with Crippen molar-refractivity contribution in [2.24, 2.45) is 0 Å². The van der Waals surface area contributed by atoms with Crippen molar-refractivity contribution in [1.82, 2.24) is 4.98 Å². The molecule has 0 bridgehead atoms. The largest absolute Gasteiger partial charge is 0.379 e. The van der Waals surface area contributed by atoms with Crippen molar-refractivity contribution in [1.29, 1.82) is 0 Å². The molecule has 2 N–H and O–H groups in total. The highest BCUT2D eigenvalue weighted by atomic mass is 32.2. The molecule has 1 atom stereocenters. The van der Waals surface area contributed by atoms with Crippen LogP contribution in [0.3, 0.4) is 0 Å². The molecular weight excluding hydrogens is 323 g/mol. The fourth-order valence-electron chi connectivity index (χ4n) is 2.20. The molecule has 1 aliphatic heterocycles. The van der Waals surface area contributed by atoms with Crippen molar-refractivity contribution in [3.63, 3.8) is 0 Å². The van der Waals surface area contributed by atoms with Crippen molar-refractivity contribution in [2.75, 3.05) is 16.8 Å². The summed E-state index contributed by atoms with van der Waals surface area (Å²) in [6.45, 7) is 0. The molecule has 2 heterocycles.